The first-order valence-electron chi connectivity index (χ1n) is 12.4. The first-order chi connectivity index (χ1) is 18.2. The highest BCUT2D eigenvalue weighted by atomic mass is 32.2. The van der Waals surface area contributed by atoms with E-state index in [1.807, 2.05) is 13.8 Å². The Kier molecular flexibility index (Phi) is 7.86. The Bertz CT molecular complexity index is 1430. The fraction of sp³-hybridized carbons (Fsp3) is 0.393. The molecule has 1 atom stereocenters. The van der Waals surface area contributed by atoms with Crippen LogP contribution in [0.25, 0.3) is 5.57 Å². The van der Waals surface area contributed by atoms with Gasteiger partial charge in [-0.2, -0.15) is 17.5 Å². The quantitative estimate of drug-likeness (QED) is 0.453. The van der Waals surface area contributed by atoms with Crippen LogP contribution in [0.3, 0.4) is 0 Å². The van der Waals surface area contributed by atoms with Gasteiger partial charge in [0.25, 0.3) is 0 Å². The second kappa shape index (κ2) is 10.7. The summed E-state index contributed by atoms with van der Waals surface area (Å²) in [6, 6.07) is 9.36. The molecule has 1 aliphatic heterocycles. The van der Waals surface area contributed by atoms with Gasteiger partial charge in [-0.15, -0.1) is 0 Å². The van der Waals surface area contributed by atoms with Crippen molar-refractivity contribution in [2.45, 2.75) is 49.8 Å². The summed E-state index contributed by atoms with van der Waals surface area (Å²) in [5.74, 6) is -0.977. The number of carbonyl (C=O) groups is 1. The molecule has 1 heterocycles. The molecule has 0 amide bonds. The number of hydrogen-bond acceptors (Lipinski definition) is 5. The topological polar surface area (TPSA) is 93.1 Å². The number of aliphatic carboxylic acids is 1. The Labute approximate surface area is 225 Å². The summed E-state index contributed by atoms with van der Waals surface area (Å²) in [6.45, 7) is 2.86. The Morgan fingerprint density at radius 1 is 1.18 bits per heavy atom. The van der Waals surface area contributed by atoms with Crippen LogP contribution in [-0.4, -0.2) is 49.6 Å². The Morgan fingerprint density at radius 2 is 1.92 bits per heavy atom. The van der Waals surface area contributed by atoms with Crippen molar-refractivity contribution in [2.75, 3.05) is 20.2 Å². The van der Waals surface area contributed by atoms with Crippen molar-refractivity contribution < 1.29 is 41.0 Å². The van der Waals surface area contributed by atoms with Gasteiger partial charge in [0.15, 0.2) is 0 Å². The van der Waals surface area contributed by atoms with Crippen LogP contribution in [0.1, 0.15) is 43.4 Å². The molecule has 1 N–H and O–H groups in total. The van der Waals surface area contributed by atoms with Gasteiger partial charge in [-0.3, -0.25) is 4.79 Å². The lowest BCUT2D eigenvalue weighted by atomic mass is 9.88. The van der Waals surface area contributed by atoms with Crippen molar-refractivity contribution in [1.82, 2.24) is 4.31 Å². The number of nitrogens with zero attached hydrogens (tertiary/aromatic N) is 1. The number of carboxylic acids is 1. The molecule has 0 aromatic heterocycles. The third kappa shape index (κ3) is 6.47. The maximum Gasteiger partial charge on any atom is 0.416 e. The van der Waals surface area contributed by atoms with Crippen LogP contribution >= 0.6 is 0 Å². The number of rotatable bonds is 8. The average molecular weight is 566 g/mol. The molecule has 39 heavy (non-hydrogen) atoms. The van der Waals surface area contributed by atoms with Crippen LogP contribution < -0.4 is 4.74 Å². The molecule has 1 aliphatic carbocycles. The summed E-state index contributed by atoms with van der Waals surface area (Å²) in [4.78, 5) is 11.7. The van der Waals surface area contributed by atoms with Crippen molar-refractivity contribution >= 4 is 21.6 Å². The summed E-state index contributed by atoms with van der Waals surface area (Å²) in [7, 11) is -2.85. The van der Waals surface area contributed by atoms with Crippen molar-refractivity contribution in [3.8, 4) is 5.75 Å². The molecule has 2 aromatic rings. The molecule has 210 valence electrons. The molecule has 2 aliphatic rings. The van der Waals surface area contributed by atoms with E-state index in [0.717, 1.165) is 22.0 Å². The Hall–Kier alpha value is -3.31. The molecule has 0 saturated carbocycles. The van der Waals surface area contributed by atoms with Gasteiger partial charge in [-0.1, -0.05) is 18.2 Å². The molecule has 2 aromatic carbocycles. The number of methoxy groups -OCH3 is 1. The Balaban J connectivity index is 1.63. The minimum atomic E-state index is -4.51. The van der Waals surface area contributed by atoms with Crippen LogP contribution in [0.15, 0.2) is 65.3 Å². The molecule has 0 saturated heterocycles. The number of allylic oxidation sites excluding steroid dienone is 3. The standard InChI is InChI=1S/C28H30F3NO6S/c1-27(2)12-11-20-15-23(8-10-25(20)38-27)39(35,36)32(17-26(33)34)16-21-13-19(7-9-24(21)37-3)18-5-4-6-22(14-18)28(29,30)31/h4-10,14-15,21H,11-13,16-17H2,1-3H3,(H,33,34). The predicted octanol–water partition coefficient (Wildman–Crippen LogP) is 5.52. The summed E-state index contributed by atoms with van der Waals surface area (Å²) < 4.78 is 79.4. The summed E-state index contributed by atoms with van der Waals surface area (Å²) in [5, 5.41) is 9.54. The highest BCUT2D eigenvalue weighted by Crippen LogP contribution is 2.38. The molecule has 1 unspecified atom stereocenters. The molecular weight excluding hydrogens is 535 g/mol. The third-order valence-electron chi connectivity index (χ3n) is 6.90. The predicted molar refractivity (Wildman–Crippen MR) is 138 cm³/mol. The van der Waals surface area contributed by atoms with Gasteiger partial charge in [0.1, 0.15) is 23.7 Å². The number of carboxylic acid groups (broad SMARTS) is 1. The van der Waals surface area contributed by atoms with E-state index >= 15 is 0 Å². The van der Waals surface area contributed by atoms with Crippen LogP contribution in [0.2, 0.25) is 0 Å². The van der Waals surface area contributed by atoms with Crippen molar-refractivity contribution in [2.24, 2.45) is 5.92 Å². The zero-order valence-corrected chi connectivity index (χ0v) is 22.6. The van der Waals surface area contributed by atoms with Gasteiger partial charge in [0, 0.05) is 12.5 Å². The lowest BCUT2D eigenvalue weighted by Gasteiger charge is -2.33. The second-order valence-electron chi connectivity index (χ2n) is 10.3. The van der Waals surface area contributed by atoms with Crippen molar-refractivity contribution in [1.29, 1.82) is 0 Å². The number of halogens is 3. The molecule has 0 spiro atoms. The zero-order chi connectivity index (χ0) is 28.6. The highest BCUT2D eigenvalue weighted by Gasteiger charge is 2.35. The molecule has 7 nitrogen and oxygen atoms in total. The van der Waals surface area contributed by atoms with Gasteiger partial charge in [0.2, 0.25) is 10.0 Å². The maximum atomic E-state index is 13.7. The van der Waals surface area contributed by atoms with Gasteiger partial charge in [-0.25, -0.2) is 8.42 Å². The Morgan fingerprint density at radius 3 is 2.59 bits per heavy atom. The first kappa shape index (κ1) is 28.7. The summed E-state index contributed by atoms with van der Waals surface area (Å²) >= 11 is 0. The molecule has 0 bridgehead atoms. The van der Waals surface area contributed by atoms with Crippen LogP contribution in [-0.2, 0) is 32.2 Å². The molecule has 11 heteroatoms. The number of sulfonamides is 1. The number of hydrogen-bond donors (Lipinski definition) is 1. The molecule has 4 rings (SSSR count). The van der Waals surface area contributed by atoms with Crippen LogP contribution in [0.5, 0.6) is 5.75 Å². The average Bonchev–Trinajstić information content (AvgIpc) is 2.86. The van der Waals surface area contributed by atoms with Gasteiger partial charge in [0.05, 0.1) is 17.6 Å². The lowest BCUT2D eigenvalue weighted by molar-refractivity contribution is -0.138. The number of fused-ring (bicyclic) bond motifs is 1. The van der Waals surface area contributed by atoms with E-state index in [2.05, 4.69) is 0 Å². The van der Waals surface area contributed by atoms with Gasteiger partial charge < -0.3 is 14.6 Å². The minimum absolute atomic E-state index is 0.0572. The third-order valence-corrected chi connectivity index (χ3v) is 8.71. The van der Waals surface area contributed by atoms with E-state index in [0.29, 0.717) is 35.5 Å². The van der Waals surface area contributed by atoms with E-state index in [-0.39, 0.29) is 23.5 Å². The van der Waals surface area contributed by atoms with Crippen molar-refractivity contribution in [3.05, 3.63) is 77.1 Å². The van der Waals surface area contributed by atoms with E-state index in [1.165, 1.54) is 25.3 Å². The smallest absolute Gasteiger partial charge is 0.416 e. The van der Waals surface area contributed by atoms with E-state index in [4.69, 9.17) is 9.47 Å². The van der Waals surface area contributed by atoms with E-state index in [1.54, 1.807) is 24.3 Å². The zero-order valence-electron chi connectivity index (χ0n) is 21.8. The normalized spacial score (nSPS) is 19.0. The highest BCUT2D eigenvalue weighted by molar-refractivity contribution is 7.89. The van der Waals surface area contributed by atoms with E-state index in [9.17, 15) is 31.5 Å². The van der Waals surface area contributed by atoms with Gasteiger partial charge >= 0.3 is 12.1 Å². The first-order valence-corrected chi connectivity index (χ1v) is 13.8. The number of alkyl halides is 3. The fourth-order valence-corrected chi connectivity index (χ4v) is 6.33. The molecular formula is C28H30F3NO6S. The van der Waals surface area contributed by atoms with E-state index < -0.39 is 40.2 Å². The maximum absolute atomic E-state index is 13.7. The molecule has 0 fully saturated rings. The van der Waals surface area contributed by atoms with Gasteiger partial charge in [-0.05, 0) is 86.2 Å². The number of benzene rings is 2. The van der Waals surface area contributed by atoms with Crippen LogP contribution in [0.4, 0.5) is 13.2 Å². The van der Waals surface area contributed by atoms with Crippen LogP contribution in [0, 0.1) is 5.92 Å². The minimum Gasteiger partial charge on any atom is -0.501 e. The second-order valence-corrected chi connectivity index (χ2v) is 12.2. The summed E-state index contributed by atoms with van der Waals surface area (Å²) in [6.07, 6.45) is 0.144. The number of aryl methyl sites for hydroxylation is 1. The SMILES string of the molecule is COC1=CC=C(c2cccc(C(F)(F)F)c2)CC1CN(CC(=O)O)S(=O)(=O)c1ccc2c(c1)CCC(C)(C)O2. The molecule has 0 radical (unpaired) electrons. The fourth-order valence-electron chi connectivity index (χ4n) is 4.84. The number of ether oxygens (including phenoxy) is 2. The largest absolute Gasteiger partial charge is 0.501 e. The van der Waals surface area contributed by atoms with Crippen molar-refractivity contribution in [3.63, 3.8) is 0 Å². The monoisotopic (exact) mass is 565 g/mol. The lowest BCUT2D eigenvalue weighted by Crippen LogP contribution is -2.40. The summed E-state index contributed by atoms with van der Waals surface area (Å²) in [5.41, 5.74) is 0.432.